The fourth-order valence-corrected chi connectivity index (χ4v) is 1.93. The van der Waals surface area contributed by atoms with E-state index in [1.165, 1.54) is 7.11 Å². The van der Waals surface area contributed by atoms with E-state index in [0.29, 0.717) is 5.69 Å². The molecule has 27 heavy (non-hydrogen) atoms. The summed E-state index contributed by atoms with van der Waals surface area (Å²) in [5, 5.41) is 23.4. The Hall–Kier alpha value is -3.59. The SMILES string of the molecule is COC(=O)C(Cc1ccc(NN=C(C#N)C#N)cc1)NC(=O)OC(C)(C)C. The van der Waals surface area contributed by atoms with Crippen molar-refractivity contribution in [2.75, 3.05) is 12.5 Å². The number of nitriles is 2. The minimum absolute atomic E-state index is 0.192. The van der Waals surface area contributed by atoms with Crippen molar-refractivity contribution in [3.05, 3.63) is 29.8 Å². The first kappa shape index (κ1) is 21.5. The van der Waals surface area contributed by atoms with E-state index in [-0.39, 0.29) is 12.1 Å². The van der Waals surface area contributed by atoms with Crippen molar-refractivity contribution in [3.63, 3.8) is 0 Å². The Morgan fingerprint density at radius 1 is 1.19 bits per heavy atom. The van der Waals surface area contributed by atoms with Crippen LogP contribution in [-0.4, -0.2) is 36.5 Å². The molecule has 1 aromatic rings. The molecule has 0 saturated carbocycles. The summed E-state index contributed by atoms with van der Waals surface area (Å²) in [5.74, 6) is -0.597. The zero-order valence-corrected chi connectivity index (χ0v) is 15.6. The lowest BCUT2D eigenvalue weighted by molar-refractivity contribution is -0.143. The molecule has 1 rings (SSSR count). The van der Waals surface area contributed by atoms with Crippen molar-refractivity contribution in [2.24, 2.45) is 5.10 Å². The number of carbonyl (C=O) groups is 2. The van der Waals surface area contributed by atoms with Gasteiger partial charge in [-0.05, 0) is 38.5 Å². The highest BCUT2D eigenvalue weighted by Crippen LogP contribution is 2.13. The molecule has 0 saturated heterocycles. The summed E-state index contributed by atoms with van der Waals surface area (Å²) in [6.45, 7) is 5.16. The molecule has 9 heteroatoms. The smallest absolute Gasteiger partial charge is 0.408 e. The highest BCUT2D eigenvalue weighted by Gasteiger charge is 2.25. The molecule has 0 spiro atoms. The second kappa shape index (κ2) is 9.78. The quantitative estimate of drug-likeness (QED) is 0.444. The van der Waals surface area contributed by atoms with Crippen LogP contribution in [0.2, 0.25) is 0 Å². The number of nitrogens with one attached hydrogen (secondary N) is 2. The summed E-state index contributed by atoms with van der Waals surface area (Å²) in [6.07, 6.45) is -0.525. The maximum absolute atomic E-state index is 11.9. The minimum Gasteiger partial charge on any atom is -0.467 e. The molecular formula is C18H21N5O4. The molecule has 1 amide bonds. The van der Waals surface area contributed by atoms with E-state index >= 15 is 0 Å². The maximum Gasteiger partial charge on any atom is 0.408 e. The molecule has 1 unspecified atom stereocenters. The molecule has 1 atom stereocenters. The van der Waals surface area contributed by atoms with Crippen LogP contribution in [0.5, 0.6) is 0 Å². The fraction of sp³-hybridized carbons (Fsp3) is 0.389. The van der Waals surface area contributed by atoms with Gasteiger partial charge in [0.1, 0.15) is 23.8 Å². The van der Waals surface area contributed by atoms with E-state index in [2.05, 4.69) is 15.8 Å². The topological polar surface area (TPSA) is 137 Å². The van der Waals surface area contributed by atoms with Crippen LogP contribution in [0.25, 0.3) is 0 Å². The van der Waals surface area contributed by atoms with Crippen molar-refractivity contribution in [2.45, 2.75) is 38.8 Å². The average molecular weight is 371 g/mol. The highest BCUT2D eigenvalue weighted by atomic mass is 16.6. The van der Waals surface area contributed by atoms with Gasteiger partial charge in [-0.25, -0.2) is 9.59 Å². The number of nitrogens with zero attached hydrogens (tertiary/aromatic N) is 3. The van der Waals surface area contributed by atoms with Gasteiger partial charge < -0.3 is 14.8 Å². The summed E-state index contributed by atoms with van der Waals surface area (Å²) in [6, 6.07) is 9.10. The maximum atomic E-state index is 11.9. The first-order valence-corrected chi connectivity index (χ1v) is 7.98. The lowest BCUT2D eigenvalue weighted by atomic mass is 10.1. The summed E-state index contributed by atoms with van der Waals surface area (Å²) in [7, 11) is 1.24. The normalized spacial score (nSPS) is 11.2. The largest absolute Gasteiger partial charge is 0.467 e. The Kier molecular flexibility index (Phi) is 7.77. The lowest BCUT2D eigenvalue weighted by Crippen LogP contribution is -2.45. The van der Waals surface area contributed by atoms with E-state index < -0.39 is 23.7 Å². The van der Waals surface area contributed by atoms with Crippen LogP contribution in [-0.2, 0) is 20.7 Å². The lowest BCUT2D eigenvalue weighted by Gasteiger charge is -2.22. The predicted molar refractivity (Wildman–Crippen MR) is 97.6 cm³/mol. The Balaban J connectivity index is 2.80. The molecule has 9 nitrogen and oxygen atoms in total. The number of rotatable bonds is 6. The Bertz CT molecular complexity index is 766. The molecule has 0 aliphatic rings. The van der Waals surface area contributed by atoms with Crippen molar-refractivity contribution < 1.29 is 19.1 Å². The summed E-state index contributed by atoms with van der Waals surface area (Å²) in [4.78, 5) is 23.9. The molecular weight excluding hydrogens is 350 g/mol. The molecule has 0 bridgehead atoms. The number of hydrogen-bond acceptors (Lipinski definition) is 8. The van der Waals surface area contributed by atoms with Crippen LogP contribution in [0, 0.1) is 22.7 Å². The van der Waals surface area contributed by atoms with Gasteiger partial charge in [0.15, 0.2) is 0 Å². The van der Waals surface area contributed by atoms with Crippen LogP contribution < -0.4 is 10.7 Å². The van der Waals surface area contributed by atoms with Gasteiger partial charge >= 0.3 is 12.1 Å². The number of anilines is 1. The third kappa shape index (κ3) is 7.88. The van der Waals surface area contributed by atoms with E-state index in [9.17, 15) is 9.59 Å². The molecule has 0 aliphatic carbocycles. The second-order valence-corrected chi connectivity index (χ2v) is 6.42. The van der Waals surface area contributed by atoms with Crippen molar-refractivity contribution in [1.29, 1.82) is 10.5 Å². The van der Waals surface area contributed by atoms with Gasteiger partial charge in [-0.1, -0.05) is 12.1 Å². The number of carbonyl (C=O) groups excluding carboxylic acids is 2. The zero-order valence-electron chi connectivity index (χ0n) is 15.6. The van der Waals surface area contributed by atoms with Crippen LogP contribution >= 0.6 is 0 Å². The minimum atomic E-state index is -0.912. The van der Waals surface area contributed by atoms with E-state index in [4.69, 9.17) is 20.0 Å². The Morgan fingerprint density at radius 3 is 2.26 bits per heavy atom. The van der Waals surface area contributed by atoms with Crippen molar-refractivity contribution in [1.82, 2.24) is 5.32 Å². The molecule has 0 aromatic heterocycles. The second-order valence-electron chi connectivity index (χ2n) is 6.42. The Labute approximate surface area is 157 Å². The van der Waals surface area contributed by atoms with Gasteiger partial charge in [0.25, 0.3) is 0 Å². The number of hydrogen-bond donors (Lipinski definition) is 2. The highest BCUT2D eigenvalue weighted by molar-refractivity contribution is 6.10. The van der Waals surface area contributed by atoms with Crippen LogP contribution in [0.1, 0.15) is 26.3 Å². The molecule has 142 valence electrons. The first-order chi connectivity index (χ1) is 12.7. The van der Waals surface area contributed by atoms with Crippen LogP contribution in [0.4, 0.5) is 10.5 Å². The van der Waals surface area contributed by atoms with E-state index in [1.54, 1.807) is 57.2 Å². The van der Waals surface area contributed by atoms with Gasteiger partial charge in [-0.2, -0.15) is 15.6 Å². The van der Waals surface area contributed by atoms with Crippen LogP contribution in [0.15, 0.2) is 29.4 Å². The molecule has 0 aliphatic heterocycles. The fourth-order valence-electron chi connectivity index (χ4n) is 1.93. The first-order valence-electron chi connectivity index (χ1n) is 7.98. The number of hydrazone groups is 1. The van der Waals surface area contributed by atoms with Crippen LogP contribution in [0.3, 0.4) is 0 Å². The van der Waals surface area contributed by atoms with Crippen molar-refractivity contribution >= 4 is 23.5 Å². The average Bonchev–Trinajstić information content (AvgIpc) is 2.61. The van der Waals surface area contributed by atoms with Gasteiger partial charge in [0.05, 0.1) is 12.8 Å². The van der Waals surface area contributed by atoms with Gasteiger partial charge in [-0.3, -0.25) is 5.43 Å². The molecule has 2 N–H and O–H groups in total. The molecule has 0 fully saturated rings. The van der Waals surface area contributed by atoms with Crippen molar-refractivity contribution in [3.8, 4) is 12.1 Å². The summed E-state index contributed by atoms with van der Waals surface area (Å²) in [5.41, 5.74) is 2.89. The van der Waals surface area contributed by atoms with Gasteiger partial charge in [-0.15, -0.1) is 0 Å². The van der Waals surface area contributed by atoms with Gasteiger partial charge in [0.2, 0.25) is 5.71 Å². The van der Waals surface area contributed by atoms with E-state index in [0.717, 1.165) is 5.56 Å². The predicted octanol–water partition coefficient (Wildman–Crippen LogP) is 2.11. The number of methoxy groups -OCH3 is 1. The number of ether oxygens (including phenoxy) is 2. The zero-order chi connectivity index (χ0) is 20.4. The standard InChI is InChI=1S/C18H21N5O4/c1-18(2,3)27-17(25)21-15(16(24)26-4)9-12-5-7-13(8-6-12)22-23-14(10-19)11-20/h5-8,15,22H,9H2,1-4H3,(H,21,25). The molecule has 0 radical (unpaired) electrons. The molecule has 1 aromatic carbocycles. The number of benzene rings is 1. The number of amides is 1. The van der Waals surface area contributed by atoms with Gasteiger partial charge in [0, 0.05) is 6.42 Å². The third-order valence-corrected chi connectivity index (χ3v) is 3.08. The molecule has 0 heterocycles. The summed E-state index contributed by atoms with van der Waals surface area (Å²) >= 11 is 0. The monoisotopic (exact) mass is 371 g/mol. The van der Waals surface area contributed by atoms with E-state index in [1.807, 2.05) is 0 Å². The number of esters is 1. The third-order valence-electron chi connectivity index (χ3n) is 3.08. The summed E-state index contributed by atoms with van der Waals surface area (Å²) < 4.78 is 9.89. The Morgan fingerprint density at radius 2 is 1.78 bits per heavy atom. The number of alkyl carbamates (subject to hydrolysis) is 1.